The molecule has 0 amide bonds. The molecular formula is C17H15FO2. The van der Waals surface area contributed by atoms with Crippen molar-refractivity contribution >= 4 is 6.04 Å². The number of rotatable bonds is 6. The Hall–Kier alpha value is -2.42. The second kappa shape index (κ2) is 6.66. The SMILES string of the molecule is C=C(COc1ccccc1C(=O)F)Cc1ccccc1. The molecule has 0 unspecified atom stereocenters. The number of carbonyl (C=O) groups excluding carboxylic acids is 1. The predicted molar refractivity (Wildman–Crippen MR) is 76.7 cm³/mol. The third kappa shape index (κ3) is 3.79. The summed E-state index contributed by atoms with van der Waals surface area (Å²) < 4.78 is 18.3. The standard InChI is InChI=1S/C17H15FO2/c1-13(11-14-7-3-2-4-8-14)12-20-16-10-6-5-9-15(16)17(18)19/h2-10H,1,11-12H2. The van der Waals surface area contributed by atoms with Crippen molar-refractivity contribution in [2.75, 3.05) is 6.61 Å². The molecule has 0 aliphatic rings. The van der Waals surface area contributed by atoms with E-state index in [2.05, 4.69) is 6.58 Å². The van der Waals surface area contributed by atoms with Crippen LogP contribution in [0.2, 0.25) is 0 Å². The molecule has 0 aromatic heterocycles. The minimum absolute atomic E-state index is 0.0555. The summed E-state index contributed by atoms with van der Waals surface area (Å²) in [5.41, 5.74) is 1.94. The smallest absolute Gasteiger partial charge is 0.335 e. The van der Waals surface area contributed by atoms with Gasteiger partial charge >= 0.3 is 6.04 Å². The highest BCUT2D eigenvalue weighted by Crippen LogP contribution is 2.20. The molecule has 0 saturated heterocycles. The van der Waals surface area contributed by atoms with Crippen LogP contribution in [0.3, 0.4) is 0 Å². The van der Waals surface area contributed by atoms with E-state index >= 15 is 0 Å². The van der Waals surface area contributed by atoms with Crippen molar-refractivity contribution in [2.24, 2.45) is 0 Å². The third-order valence-corrected chi connectivity index (χ3v) is 2.83. The van der Waals surface area contributed by atoms with E-state index in [0.717, 1.165) is 11.1 Å². The maximum Gasteiger partial charge on any atom is 0.335 e. The summed E-state index contributed by atoms with van der Waals surface area (Å²) in [6, 6.07) is 14.6. The minimum atomic E-state index is -1.49. The van der Waals surface area contributed by atoms with Gasteiger partial charge in [0.25, 0.3) is 0 Å². The van der Waals surface area contributed by atoms with Crippen LogP contribution in [0.4, 0.5) is 4.39 Å². The highest BCUT2D eigenvalue weighted by atomic mass is 19.1. The van der Waals surface area contributed by atoms with E-state index in [4.69, 9.17) is 4.74 Å². The second-order valence-electron chi connectivity index (χ2n) is 4.47. The minimum Gasteiger partial charge on any atom is -0.488 e. The largest absolute Gasteiger partial charge is 0.488 e. The first-order chi connectivity index (χ1) is 9.66. The number of para-hydroxylation sites is 1. The lowest BCUT2D eigenvalue weighted by molar-refractivity contribution is 0.0832. The third-order valence-electron chi connectivity index (χ3n) is 2.83. The van der Waals surface area contributed by atoms with Crippen LogP contribution >= 0.6 is 0 Å². The van der Waals surface area contributed by atoms with Gasteiger partial charge in [-0.1, -0.05) is 49.0 Å². The topological polar surface area (TPSA) is 26.3 Å². The number of benzene rings is 2. The molecule has 2 rings (SSSR count). The summed E-state index contributed by atoms with van der Waals surface area (Å²) in [4.78, 5) is 10.8. The van der Waals surface area contributed by atoms with Crippen molar-refractivity contribution in [3.63, 3.8) is 0 Å². The number of halogens is 1. The summed E-state index contributed by atoms with van der Waals surface area (Å²) in [7, 11) is 0. The van der Waals surface area contributed by atoms with Gasteiger partial charge in [-0.25, -0.2) is 0 Å². The molecule has 0 fully saturated rings. The Morgan fingerprint density at radius 3 is 2.40 bits per heavy atom. The van der Waals surface area contributed by atoms with Crippen LogP contribution in [0.25, 0.3) is 0 Å². The first-order valence-electron chi connectivity index (χ1n) is 6.29. The molecule has 0 atom stereocenters. The van der Waals surface area contributed by atoms with Crippen LogP contribution in [-0.2, 0) is 6.42 Å². The lowest BCUT2D eigenvalue weighted by Gasteiger charge is -2.10. The van der Waals surface area contributed by atoms with Gasteiger partial charge in [-0.05, 0) is 29.7 Å². The lowest BCUT2D eigenvalue weighted by Crippen LogP contribution is -2.05. The van der Waals surface area contributed by atoms with Crippen molar-refractivity contribution in [3.05, 3.63) is 77.9 Å². The van der Waals surface area contributed by atoms with Crippen LogP contribution in [-0.4, -0.2) is 12.6 Å². The molecule has 20 heavy (non-hydrogen) atoms. The summed E-state index contributed by atoms with van der Waals surface area (Å²) in [6.07, 6.45) is 0.687. The van der Waals surface area contributed by atoms with E-state index in [0.29, 0.717) is 6.42 Å². The van der Waals surface area contributed by atoms with Gasteiger partial charge in [-0.15, -0.1) is 0 Å². The van der Waals surface area contributed by atoms with Crippen LogP contribution in [0.15, 0.2) is 66.7 Å². The average molecular weight is 270 g/mol. The normalized spacial score (nSPS) is 10.1. The number of carbonyl (C=O) groups is 1. The van der Waals surface area contributed by atoms with E-state index in [1.807, 2.05) is 30.3 Å². The number of hydrogen-bond acceptors (Lipinski definition) is 2. The molecule has 0 aliphatic carbocycles. The number of hydrogen-bond donors (Lipinski definition) is 0. The van der Waals surface area contributed by atoms with Crippen molar-refractivity contribution in [1.82, 2.24) is 0 Å². The quantitative estimate of drug-likeness (QED) is 0.586. The first-order valence-corrected chi connectivity index (χ1v) is 6.29. The van der Waals surface area contributed by atoms with Crippen LogP contribution in [0, 0.1) is 0 Å². The summed E-state index contributed by atoms with van der Waals surface area (Å²) in [6.45, 7) is 4.19. The highest BCUT2D eigenvalue weighted by Gasteiger charge is 2.11. The van der Waals surface area contributed by atoms with Crippen LogP contribution < -0.4 is 4.74 Å². The summed E-state index contributed by atoms with van der Waals surface area (Å²) in [5.74, 6) is 0.245. The zero-order valence-electron chi connectivity index (χ0n) is 11.0. The molecule has 0 heterocycles. The Labute approximate surface area is 117 Å². The molecule has 0 aliphatic heterocycles. The Morgan fingerprint density at radius 1 is 1.05 bits per heavy atom. The van der Waals surface area contributed by atoms with Gasteiger partial charge in [0.05, 0.1) is 5.56 Å². The Kier molecular flexibility index (Phi) is 4.66. The average Bonchev–Trinajstić information content (AvgIpc) is 2.46. The summed E-state index contributed by atoms with van der Waals surface area (Å²) >= 11 is 0. The molecule has 2 aromatic rings. The maximum absolute atomic E-state index is 12.8. The van der Waals surface area contributed by atoms with Gasteiger partial charge in [0, 0.05) is 0 Å². The Bertz CT molecular complexity index is 605. The van der Waals surface area contributed by atoms with Gasteiger partial charge in [-0.2, -0.15) is 4.39 Å². The van der Waals surface area contributed by atoms with Crippen molar-refractivity contribution in [1.29, 1.82) is 0 Å². The molecule has 102 valence electrons. The zero-order valence-corrected chi connectivity index (χ0v) is 11.0. The maximum atomic E-state index is 12.8. The van der Waals surface area contributed by atoms with Crippen molar-refractivity contribution in [3.8, 4) is 5.75 Å². The fourth-order valence-corrected chi connectivity index (χ4v) is 1.87. The summed E-state index contributed by atoms with van der Waals surface area (Å²) in [5, 5.41) is 0. The lowest BCUT2D eigenvalue weighted by atomic mass is 10.1. The molecule has 0 saturated carbocycles. The van der Waals surface area contributed by atoms with E-state index in [1.165, 1.54) is 6.07 Å². The first kappa shape index (κ1) is 14.0. The van der Waals surface area contributed by atoms with Crippen LogP contribution in [0.5, 0.6) is 5.75 Å². The van der Waals surface area contributed by atoms with Gasteiger partial charge in [0.1, 0.15) is 12.4 Å². The Balaban J connectivity index is 1.96. The monoisotopic (exact) mass is 270 g/mol. The van der Waals surface area contributed by atoms with E-state index in [-0.39, 0.29) is 17.9 Å². The molecule has 0 spiro atoms. The molecule has 2 aromatic carbocycles. The zero-order chi connectivity index (χ0) is 14.4. The molecule has 3 heteroatoms. The fraction of sp³-hybridized carbons (Fsp3) is 0.118. The van der Waals surface area contributed by atoms with Gasteiger partial charge in [0.2, 0.25) is 0 Å². The van der Waals surface area contributed by atoms with Gasteiger partial charge in [0.15, 0.2) is 0 Å². The Morgan fingerprint density at radius 2 is 1.70 bits per heavy atom. The van der Waals surface area contributed by atoms with E-state index < -0.39 is 6.04 Å². The van der Waals surface area contributed by atoms with E-state index in [9.17, 15) is 9.18 Å². The van der Waals surface area contributed by atoms with Crippen molar-refractivity contribution in [2.45, 2.75) is 6.42 Å². The molecular weight excluding hydrogens is 255 g/mol. The molecule has 0 N–H and O–H groups in total. The van der Waals surface area contributed by atoms with Crippen LogP contribution in [0.1, 0.15) is 15.9 Å². The van der Waals surface area contributed by atoms with Gasteiger partial charge in [-0.3, -0.25) is 4.79 Å². The fourth-order valence-electron chi connectivity index (χ4n) is 1.87. The molecule has 0 radical (unpaired) electrons. The highest BCUT2D eigenvalue weighted by molar-refractivity contribution is 5.91. The van der Waals surface area contributed by atoms with E-state index in [1.54, 1.807) is 18.2 Å². The van der Waals surface area contributed by atoms with Crippen molar-refractivity contribution < 1.29 is 13.9 Å². The molecule has 0 bridgehead atoms. The number of ether oxygens (including phenoxy) is 1. The second-order valence-corrected chi connectivity index (χ2v) is 4.47. The van der Waals surface area contributed by atoms with Gasteiger partial charge < -0.3 is 4.74 Å². The molecule has 2 nitrogen and oxygen atoms in total. The predicted octanol–water partition coefficient (Wildman–Crippen LogP) is 3.97.